The van der Waals surface area contributed by atoms with Gasteiger partial charge < -0.3 is 4.90 Å². The Morgan fingerprint density at radius 3 is 2.31 bits per heavy atom. The Bertz CT molecular complexity index is 529. The van der Waals surface area contributed by atoms with Crippen molar-refractivity contribution in [2.45, 2.75) is 0 Å². The molecule has 82 valence electrons. The van der Waals surface area contributed by atoms with E-state index in [0.717, 1.165) is 5.56 Å². The van der Waals surface area contributed by atoms with Gasteiger partial charge in [0, 0.05) is 30.7 Å². The number of halogens is 1. The zero-order valence-electron chi connectivity index (χ0n) is 9.44. The lowest BCUT2D eigenvalue weighted by atomic mass is 10.0. The van der Waals surface area contributed by atoms with Gasteiger partial charge in [-0.05, 0) is 23.1 Å². The molecule has 0 aliphatic carbocycles. The summed E-state index contributed by atoms with van der Waals surface area (Å²) in [6, 6.07) is 12.6. The average Bonchev–Trinajstić information content (AvgIpc) is 2.29. The van der Waals surface area contributed by atoms with Gasteiger partial charge in [-0.2, -0.15) is 0 Å². The fourth-order valence-electron chi connectivity index (χ4n) is 1.91. The molecular weight excluding hydrogens is 218 g/mol. The van der Waals surface area contributed by atoms with E-state index < -0.39 is 0 Å². The predicted octanol–water partition coefficient (Wildman–Crippen LogP) is 4.12. The normalized spacial score (nSPS) is 11.2. The van der Waals surface area contributed by atoms with E-state index in [4.69, 9.17) is 11.6 Å². The van der Waals surface area contributed by atoms with Crippen LogP contribution in [0.2, 0.25) is 0 Å². The SMILES string of the molecule is CN(C)c1ccc(/C=C/Cl)c2ccccc12. The van der Waals surface area contributed by atoms with Crippen LogP contribution in [-0.2, 0) is 0 Å². The maximum Gasteiger partial charge on any atom is 0.0441 e. The van der Waals surface area contributed by atoms with E-state index in [9.17, 15) is 0 Å². The van der Waals surface area contributed by atoms with Crippen molar-refractivity contribution in [3.63, 3.8) is 0 Å². The van der Waals surface area contributed by atoms with Gasteiger partial charge in [0.1, 0.15) is 0 Å². The summed E-state index contributed by atoms with van der Waals surface area (Å²) in [5.74, 6) is 0. The monoisotopic (exact) mass is 231 g/mol. The van der Waals surface area contributed by atoms with E-state index in [1.165, 1.54) is 16.5 Å². The van der Waals surface area contributed by atoms with Crippen molar-refractivity contribution in [3.05, 3.63) is 47.5 Å². The second-order valence-electron chi connectivity index (χ2n) is 3.91. The largest absolute Gasteiger partial charge is 0.377 e. The van der Waals surface area contributed by atoms with Crippen LogP contribution in [0, 0.1) is 0 Å². The van der Waals surface area contributed by atoms with Crippen molar-refractivity contribution in [2.75, 3.05) is 19.0 Å². The molecule has 16 heavy (non-hydrogen) atoms. The second kappa shape index (κ2) is 4.58. The third-order valence-corrected chi connectivity index (χ3v) is 2.79. The van der Waals surface area contributed by atoms with Crippen LogP contribution < -0.4 is 4.90 Å². The molecular formula is C14H14ClN. The van der Waals surface area contributed by atoms with Crippen molar-refractivity contribution in [3.8, 4) is 0 Å². The summed E-state index contributed by atoms with van der Waals surface area (Å²) in [4.78, 5) is 2.12. The highest BCUT2D eigenvalue weighted by Gasteiger charge is 2.04. The molecule has 1 nitrogen and oxygen atoms in total. The number of benzene rings is 2. The third kappa shape index (κ3) is 1.91. The van der Waals surface area contributed by atoms with Crippen LogP contribution in [-0.4, -0.2) is 14.1 Å². The van der Waals surface area contributed by atoms with Gasteiger partial charge >= 0.3 is 0 Å². The summed E-state index contributed by atoms with van der Waals surface area (Å²) in [6.07, 6.45) is 1.92. The summed E-state index contributed by atoms with van der Waals surface area (Å²) in [5.41, 5.74) is 3.93. The lowest BCUT2D eigenvalue weighted by Crippen LogP contribution is -2.09. The Kier molecular flexibility index (Phi) is 3.16. The summed E-state index contributed by atoms with van der Waals surface area (Å²) in [5, 5.41) is 2.48. The van der Waals surface area contributed by atoms with E-state index in [-0.39, 0.29) is 0 Å². The first-order valence-corrected chi connectivity index (χ1v) is 5.63. The Morgan fingerprint density at radius 1 is 1.00 bits per heavy atom. The minimum Gasteiger partial charge on any atom is -0.377 e. The summed E-state index contributed by atoms with van der Waals surface area (Å²) < 4.78 is 0. The number of rotatable bonds is 2. The molecule has 0 radical (unpaired) electrons. The minimum atomic E-state index is 1.15. The molecule has 0 saturated heterocycles. The number of hydrogen-bond donors (Lipinski definition) is 0. The van der Waals surface area contributed by atoms with Crippen LogP contribution in [0.15, 0.2) is 41.9 Å². The Hall–Kier alpha value is -1.47. The first-order chi connectivity index (χ1) is 7.74. The Labute approximate surface area is 101 Å². The number of nitrogens with zero attached hydrogens (tertiary/aromatic N) is 1. The topological polar surface area (TPSA) is 3.24 Å². The number of fused-ring (bicyclic) bond motifs is 1. The highest BCUT2D eigenvalue weighted by atomic mass is 35.5. The molecule has 2 aromatic carbocycles. The van der Waals surface area contributed by atoms with Crippen LogP contribution in [0.1, 0.15) is 5.56 Å². The molecule has 0 saturated carbocycles. The van der Waals surface area contributed by atoms with E-state index in [0.29, 0.717) is 0 Å². The quantitative estimate of drug-likeness (QED) is 0.752. The van der Waals surface area contributed by atoms with E-state index in [1.807, 2.05) is 12.1 Å². The molecule has 0 bridgehead atoms. The highest BCUT2D eigenvalue weighted by Crippen LogP contribution is 2.29. The van der Waals surface area contributed by atoms with Crippen LogP contribution in [0.25, 0.3) is 16.8 Å². The van der Waals surface area contributed by atoms with Gasteiger partial charge in [0.2, 0.25) is 0 Å². The van der Waals surface area contributed by atoms with E-state index >= 15 is 0 Å². The molecule has 0 N–H and O–H groups in total. The molecule has 0 amide bonds. The number of anilines is 1. The molecule has 0 atom stereocenters. The van der Waals surface area contributed by atoms with Gasteiger partial charge in [-0.1, -0.05) is 41.9 Å². The van der Waals surface area contributed by atoms with Crippen LogP contribution >= 0.6 is 11.6 Å². The maximum absolute atomic E-state index is 5.65. The smallest absolute Gasteiger partial charge is 0.0441 e. The van der Waals surface area contributed by atoms with Gasteiger partial charge in [-0.25, -0.2) is 0 Å². The standard InChI is InChI=1S/C14H14ClN/c1-16(2)14-8-7-11(9-10-15)12-5-3-4-6-13(12)14/h3-10H,1-2H3/b10-9+. The first-order valence-electron chi connectivity index (χ1n) is 5.20. The first kappa shape index (κ1) is 11.0. The molecule has 0 aliphatic rings. The van der Waals surface area contributed by atoms with Gasteiger partial charge in [-0.15, -0.1) is 0 Å². The third-order valence-electron chi connectivity index (χ3n) is 2.66. The zero-order chi connectivity index (χ0) is 11.5. The predicted molar refractivity (Wildman–Crippen MR) is 73.2 cm³/mol. The maximum atomic E-state index is 5.65. The van der Waals surface area contributed by atoms with Crippen molar-refractivity contribution < 1.29 is 0 Å². The van der Waals surface area contributed by atoms with Crippen molar-refractivity contribution >= 4 is 34.1 Å². The molecule has 2 rings (SSSR count). The van der Waals surface area contributed by atoms with Crippen LogP contribution in [0.3, 0.4) is 0 Å². The van der Waals surface area contributed by atoms with Crippen LogP contribution in [0.5, 0.6) is 0 Å². The molecule has 0 spiro atoms. The summed E-state index contributed by atoms with van der Waals surface area (Å²) in [7, 11) is 4.11. The van der Waals surface area contributed by atoms with Crippen molar-refractivity contribution in [1.29, 1.82) is 0 Å². The molecule has 0 unspecified atom stereocenters. The number of hydrogen-bond acceptors (Lipinski definition) is 1. The fraction of sp³-hybridized carbons (Fsp3) is 0.143. The molecule has 0 heterocycles. The van der Waals surface area contributed by atoms with Crippen molar-refractivity contribution in [1.82, 2.24) is 0 Å². The van der Waals surface area contributed by atoms with Crippen molar-refractivity contribution in [2.24, 2.45) is 0 Å². The lowest BCUT2D eigenvalue weighted by Gasteiger charge is -2.16. The Balaban J connectivity index is 2.77. The van der Waals surface area contributed by atoms with E-state index in [2.05, 4.69) is 49.3 Å². The minimum absolute atomic E-state index is 1.15. The summed E-state index contributed by atoms with van der Waals surface area (Å²) >= 11 is 5.65. The Morgan fingerprint density at radius 2 is 1.69 bits per heavy atom. The second-order valence-corrected chi connectivity index (χ2v) is 4.16. The lowest BCUT2D eigenvalue weighted by molar-refractivity contribution is 1.14. The van der Waals surface area contributed by atoms with Crippen LogP contribution in [0.4, 0.5) is 5.69 Å². The molecule has 2 heteroatoms. The molecule has 0 aliphatic heterocycles. The highest BCUT2D eigenvalue weighted by molar-refractivity contribution is 6.27. The fourth-order valence-corrected chi connectivity index (χ4v) is 2.05. The van der Waals surface area contributed by atoms with E-state index in [1.54, 1.807) is 5.54 Å². The summed E-state index contributed by atoms with van der Waals surface area (Å²) in [6.45, 7) is 0. The van der Waals surface area contributed by atoms with Gasteiger partial charge in [0.05, 0.1) is 0 Å². The van der Waals surface area contributed by atoms with Gasteiger partial charge in [-0.3, -0.25) is 0 Å². The molecule has 2 aromatic rings. The van der Waals surface area contributed by atoms with Gasteiger partial charge in [0.25, 0.3) is 0 Å². The molecule has 0 fully saturated rings. The zero-order valence-corrected chi connectivity index (χ0v) is 10.2. The molecule has 0 aromatic heterocycles. The average molecular weight is 232 g/mol. The van der Waals surface area contributed by atoms with Gasteiger partial charge in [0.15, 0.2) is 0 Å².